The van der Waals surface area contributed by atoms with Crippen LogP contribution < -0.4 is 5.32 Å². The van der Waals surface area contributed by atoms with Gasteiger partial charge in [-0.3, -0.25) is 4.90 Å². The van der Waals surface area contributed by atoms with Crippen molar-refractivity contribution in [2.45, 2.75) is 25.4 Å². The summed E-state index contributed by atoms with van der Waals surface area (Å²) in [7, 11) is 3.97. The lowest BCUT2D eigenvalue weighted by Gasteiger charge is -2.25. The molecule has 0 radical (unpaired) electrons. The molecule has 0 amide bonds. The zero-order chi connectivity index (χ0) is 13.9. The van der Waals surface area contributed by atoms with Gasteiger partial charge in [0.1, 0.15) is 5.82 Å². The van der Waals surface area contributed by atoms with Crippen molar-refractivity contribution in [3.63, 3.8) is 0 Å². The van der Waals surface area contributed by atoms with Gasteiger partial charge in [-0.15, -0.1) is 0 Å². The summed E-state index contributed by atoms with van der Waals surface area (Å²) in [6.07, 6.45) is 8.18. The molecule has 0 spiro atoms. The van der Waals surface area contributed by atoms with Crippen molar-refractivity contribution in [2.24, 2.45) is 7.05 Å². The Balaban J connectivity index is 1.79. The molecule has 5 heteroatoms. The minimum Gasteiger partial charge on any atom is -0.373 e. The van der Waals surface area contributed by atoms with E-state index in [1.807, 2.05) is 25.8 Å². The number of rotatable bonds is 4. The smallest absolute Gasteiger partial charge is 0.125 e. The average molecular weight is 271 g/mol. The van der Waals surface area contributed by atoms with Crippen molar-refractivity contribution in [1.82, 2.24) is 19.4 Å². The molecule has 3 rings (SSSR count). The number of aromatic nitrogens is 3. The largest absolute Gasteiger partial charge is 0.373 e. The molecule has 5 nitrogen and oxygen atoms in total. The van der Waals surface area contributed by atoms with Crippen LogP contribution in [0.15, 0.2) is 30.9 Å². The molecule has 106 valence electrons. The third-order valence-corrected chi connectivity index (χ3v) is 4.07. The second-order valence-corrected chi connectivity index (χ2v) is 5.35. The maximum Gasteiger partial charge on any atom is 0.125 e. The zero-order valence-electron chi connectivity index (χ0n) is 12.1. The maximum atomic E-state index is 4.30. The summed E-state index contributed by atoms with van der Waals surface area (Å²) in [6.45, 7) is 2.10. The minimum atomic E-state index is 0.486. The Bertz CT molecular complexity index is 577. The van der Waals surface area contributed by atoms with E-state index in [0.717, 1.165) is 18.9 Å². The summed E-state index contributed by atoms with van der Waals surface area (Å²) < 4.78 is 2.10. The fourth-order valence-electron chi connectivity index (χ4n) is 2.93. The SMILES string of the molecule is CNc1cc(C2CCCN2Cc2cncn2C)ccn1. The number of nitrogens with one attached hydrogen (secondary N) is 1. The maximum absolute atomic E-state index is 4.30. The van der Waals surface area contributed by atoms with Crippen LogP contribution in [0.3, 0.4) is 0 Å². The molecule has 0 aliphatic carbocycles. The summed E-state index contributed by atoms with van der Waals surface area (Å²) in [4.78, 5) is 11.0. The highest BCUT2D eigenvalue weighted by Crippen LogP contribution is 2.33. The highest BCUT2D eigenvalue weighted by molar-refractivity contribution is 5.38. The van der Waals surface area contributed by atoms with Crippen LogP contribution >= 0.6 is 0 Å². The predicted molar refractivity (Wildman–Crippen MR) is 79.4 cm³/mol. The van der Waals surface area contributed by atoms with Crippen molar-refractivity contribution in [2.75, 3.05) is 18.9 Å². The number of anilines is 1. The molecule has 1 unspecified atom stereocenters. The standard InChI is InChI=1S/C15H21N5/c1-16-15-8-12(5-6-18-15)14-4-3-7-20(14)10-13-9-17-11-19(13)2/h5-6,8-9,11,14H,3-4,7,10H2,1-2H3,(H,16,18). The number of nitrogens with zero attached hydrogens (tertiary/aromatic N) is 4. The molecule has 0 bridgehead atoms. The Hall–Kier alpha value is -1.88. The lowest BCUT2D eigenvalue weighted by atomic mass is 10.1. The van der Waals surface area contributed by atoms with Crippen LogP contribution in [0.1, 0.15) is 30.1 Å². The molecule has 2 aromatic heterocycles. The van der Waals surface area contributed by atoms with Gasteiger partial charge in [0.2, 0.25) is 0 Å². The van der Waals surface area contributed by atoms with Gasteiger partial charge in [-0.2, -0.15) is 0 Å². The quantitative estimate of drug-likeness (QED) is 0.926. The van der Waals surface area contributed by atoms with Crippen molar-refractivity contribution in [3.8, 4) is 0 Å². The minimum absolute atomic E-state index is 0.486. The van der Waals surface area contributed by atoms with E-state index in [1.165, 1.54) is 24.1 Å². The van der Waals surface area contributed by atoms with Gasteiger partial charge in [0.05, 0.1) is 12.0 Å². The Labute approximate surface area is 119 Å². The van der Waals surface area contributed by atoms with E-state index in [4.69, 9.17) is 0 Å². The number of imidazole rings is 1. The first-order valence-electron chi connectivity index (χ1n) is 7.11. The van der Waals surface area contributed by atoms with E-state index in [-0.39, 0.29) is 0 Å². The molecule has 0 saturated carbocycles. The van der Waals surface area contributed by atoms with Gasteiger partial charge >= 0.3 is 0 Å². The first kappa shape index (κ1) is 13.1. The molecule has 1 N–H and O–H groups in total. The molecular formula is C15H21N5. The van der Waals surface area contributed by atoms with Gasteiger partial charge in [-0.25, -0.2) is 9.97 Å². The number of pyridine rings is 1. The summed E-state index contributed by atoms with van der Waals surface area (Å²) in [5.41, 5.74) is 2.61. The van der Waals surface area contributed by atoms with Crippen LogP contribution in [0, 0.1) is 0 Å². The third kappa shape index (κ3) is 2.54. The van der Waals surface area contributed by atoms with E-state index in [9.17, 15) is 0 Å². The van der Waals surface area contributed by atoms with Crippen LogP contribution in [0.25, 0.3) is 0 Å². The van der Waals surface area contributed by atoms with Crippen molar-refractivity contribution >= 4 is 5.82 Å². The lowest BCUT2D eigenvalue weighted by Crippen LogP contribution is -2.24. The van der Waals surface area contributed by atoms with Gasteiger partial charge in [0, 0.05) is 39.1 Å². The first-order chi connectivity index (χ1) is 9.78. The molecule has 2 aromatic rings. The van der Waals surface area contributed by atoms with Crippen molar-refractivity contribution in [3.05, 3.63) is 42.1 Å². The predicted octanol–water partition coefficient (Wildman–Crippen LogP) is 2.19. The molecule has 3 heterocycles. The second kappa shape index (κ2) is 5.63. The van der Waals surface area contributed by atoms with Crippen LogP contribution in [-0.2, 0) is 13.6 Å². The Morgan fingerprint density at radius 3 is 3.10 bits per heavy atom. The normalized spacial score (nSPS) is 19.4. The molecule has 1 fully saturated rings. The van der Waals surface area contributed by atoms with E-state index in [1.54, 1.807) is 0 Å². The highest BCUT2D eigenvalue weighted by Gasteiger charge is 2.26. The molecule has 1 saturated heterocycles. The topological polar surface area (TPSA) is 46.0 Å². The van der Waals surface area contributed by atoms with Gasteiger partial charge in [-0.1, -0.05) is 0 Å². The van der Waals surface area contributed by atoms with E-state index in [0.29, 0.717) is 6.04 Å². The highest BCUT2D eigenvalue weighted by atomic mass is 15.2. The summed E-state index contributed by atoms with van der Waals surface area (Å²) in [5.74, 6) is 0.940. The van der Waals surface area contributed by atoms with Crippen molar-refractivity contribution in [1.29, 1.82) is 0 Å². The first-order valence-corrected chi connectivity index (χ1v) is 7.11. The van der Waals surface area contributed by atoms with Crippen molar-refractivity contribution < 1.29 is 0 Å². The lowest BCUT2D eigenvalue weighted by molar-refractivity contribution is 0.243. The number of hydrogen-bond acceptors (Lipinski definition) is 4. The second-order valence-electron chi connectivity index (χ2n) is 5.35. The fourth-order valence-corrected chi connectivity index (χ4v) is 2.93. The number of likely N-dealkylation sites (tertiary alicyclic amines) is 1. The van der Waals surface area contributed by atoms with E-state index in [2.05, 4.69) is 43.9 Å². The Kier molecular flexibility index (Phi) is 3.69. The Morgan fingerprint density at radius 2 is 2.35 bits per heavy atom. The molecule has 20 heavy (non-hydrogen) atoms. The summed E-state index contributed by atoms with van der Waals surface area (Å²) >= 11 is 0. The third-order valence-electron chi connectivity index (χ3n) is 4.07. The molecule has 0 aromatic carbocycles. The van der Waals surface area contributed by atoms with Gasteiger partial charge < -0.3 is 9.88 Å². The average Bonchev–Trinajstić information content (AvgIpc) is 3.09. The van der Waals surface area contributed by atoms with Gasteiger partial charge in [0.25, 0.3) is 0 Å². The summed E-state index contributed by atoms with van der Waals surface area (Å²) in [5, 5.41) is 3.12. The fraction of sp³-hybridized carbons (Fsp3) is 0.467. The van der Waals surface area contributed by atoms with Crippen LogP contribution in [-0.4, -0.2) is 33.0 Å². The zero-order valence-corrected chi connectivity index (χ0v) is 12.1. The summed E-state index contributed by atoms with van der Waals surface area (Å²) in [6, 6.07) is 4.78. The molecule has 1 atom stereocenters. The van der Waals surface area contributed by atoms with Gasteiger partial charge in [0.15, 0.2) is 0 Å². The van der Waals surface area contributed by atoms with Crippen LogP contribution in [0.5, 0.6) is 0 Å². The molecule has 1 aliphatic heterocycles. The van der Waals surface area contributed by atoms with E-state index >= 15 is 0 Å². The van der Waals surface area contributed by atoms with Crippen LogP contribution in [0.2, 0.25) is 0 Å². The van der Waals surface area contributed by atoms with E-state index < -0.39 is 0 Å². The van der Waals surface area contributed by atoms with Gasteiger partial charge in [-0.05, 0) is 37.1 Å². The monoisotopic (exact) mass is 271 g/mol. The number of aryl methyl sites for hydroxylation is 1. The number of hydrogen-bond donors (Lipinski definition) is 1. The Morgan fingerprint density at radius 1 is 1.45 bits per heavy atom. The molecular weight excluding hydrogens is 250 g/mol. The molecule has 1 aliphatic rings. The van der Waals surface area contributed by atoms with Crippen LogP contribution in [0.4, 0.5) is 5.82 Å².